The number of benzene rings is 1. The van der Waals surface area contributed by atoms with Crippen LogP contribution in [0.4, 0.5) is 10.8 Å². The molecule has 0 atom stereocenters. The summed E-state index contributed by atoms with van der Waals surface area (Å²) in [4.78, 5) is 18.9. The number of carbonyl (C=O) groups excluding carboxylic acids is 1. The lowest BCUT2D eigenvalue weighted by atomic mass is 10.1. The number of morpholine rings is 1. The van der Waals surface area contributed by atoms with E-state index in [0.717, 1.165) is 34.7 Å². The predicted molar refractivity (Wildman–Crippen MR) is 108 cm³/mol. The van der Waals surface area contributed by atoms with Gasteiger partial charge in [0.1, 0.15) is 5.69 Å². The van der Waals surface area contributed by atoms with Crippen molar-refractivity contribution in [3.05, 3.63) is 34.8 Å². The van der Waals surface area contributed by atoms with Gasteiger partial charge in [0.25, 0.3) is 0 Å². The van der Waals surface area contributed by atoms with E-state index in [1.807, 2.05) is 32.0 Å². The molecule has 1 amide bonds. The molecule has 1 aromatic carbocycles. The van der Waals surface area contributed by atoms with Gasteiger partial charge in [0.2, 0.25) is 5.88 Å². The number of hydrogen-bond acceptors (Lipinski definition) is 7. The number of thiazole rings is 1. The topological polar surface area (TPSA) is 92.3 Å². The Labute approximate surface area is 166 Å². The van der Waals surface area contributed by atoms with Crippen molar-refractivity contribution >= 4 is 39.0 Å². The molecule has 28 heavy (non-hydrogen) atoms. The van der Waals surface area contributed by atoms with Gasteiger partial charge < -0.3 is 19.3 Å². The average molecular weight is 399 g/mol. The van der Waals surface area contributed by atoms with Crippen molar-refractivity contribution in [2.75, 3.05) is 31.2 Å². The lowest BCUT2D eigenvalue weighted by Gasteiger charge is -2.25. The fourth-order valence-corrected chi connectivity index (χ4v) is 4.12. The van der Waals surface area contributed by atoms with Crippen LogP contribution in [0.25, 0.3) is 10.9 Å². The highest BCUT2D eigenvalue weighted by atomic mass is 32.1. The monoisotopic (exact) mass is 399 g/mol. The number of anilines is 1. The summed E-state index contributed by atoms with van der Waals surface area (Å²) < 4.78 is 7.08. The van der Waals surface area contributed by atoms with Gasteiger partial charge in [0.15, 0.2) is 10.8 Å². The molecule has 0 spiro atoms. The van der Waals surface area contributed by atoms with Gasteiger partial charge in [-0.1, -0.05) is 11.6 Å². The Morgan fingerprint density at radius 3 is 2.89 bits per heavy atom. The number of aromatic nitrogens is 2. The first-order valence-corrected chi connectivity index (χ1v) is 10.0. The van der Waals surface area contributed by atoms with Crippen molar-refractivity contribution < 1.29 is 14.6 Å². The summed E-state index contributed by atoms with van der Waals surface area (Å²) in [5.41, 5.74) is 2.45. The standard InChI is InChI=1S/C19H21N5O3S/c1-3-24-15-5-4-12(2)10-13(15)16(18(24)26)21-22-17(25)14-11-28-19(20-14)23-6-8-27-9-7-23/h4-5,10-11,26H,3,6-9H2,1-2H3. The van der Waals surface area contributed by atoms with Crippen molar-refractivity contribution in [2.45, 2.75) is 20.4 Å². The van der Waals surface area contributed by atoms with Crippen molar-refractivity contribution in [2.24, 2.45) is 10.2 Å². The molecule has 0 unspecified atom stereocenters. The van der Waals surface area contributed by atoms with Gasteiger partial charge in [-0.05, 0) is 26.0 Å². The fourth-order valence-electron chi connectivity index (χ4n) is 3.27. The summed E-state index contributed by atoms with van der Waals surface area (Å²) in [6.07, 6.45) is 0. The first-order valence-electron chi connectivity index (χ1n) is 9.14. The zero-order valence-corrected chi connectivity index (χ0v) is 16.6. The van der Waals surface area contributed by atoms with E-state index in [-0.39, 0.29) is 11.6 Å². The Morgan fingerprint density at radius 2 is 2.14 bits per heavy atom. The highest BCUT2D eigenvalue weighted by Gasteiger charge is 2.19. The smallest absolute Gasteiger partial charge is 0.314 e. The molecule has 0 radical (unpaired) electrons. The number of carbonyl (C=O) groups is 1. The number of aryl methyl sites for hydroxylation is 2. The molecule has 0 aliphatic carbocycles. The number of aromatic hydroxyl groups is 1. The van der Waals surface area contributed by atoms with Gasteiger partial charge in [0.05, 0.1) is 18.7 Å². The second kappa shape index (κ2) is 7.69. The Hall–Kier alpha value is -2.78. The van der Waals surface area contributed by atoms with Crippen LogP contribution in [-0.4, -0.2) is 46.9 Å². The summed E-state index contributed by atoms with van der Waals surface area (Å²) in [5.74, 6) is -0.521. The summed E-state index contributed by atoms with van der Waals surface area (Å²) in [6.45, 7) is 7.32. The maximum Gasteiger partial charge on any atom is 0.314 e. The van der Waals surface area contributed by atoms with Gasteiger partial charge in [-0.25, -0.2) is 4.98 Å². The molecule has 1 aliphatic rings. The number of ether oxygens (including phenoxy) is 1. The third-order valence-electron chi connectivity index (χ3n) is 4.72. The molecule has 1 N–H and O–H groups in total. The summed E-state index contributed by atoms with van der Waals surface area (Å²) in [5, 5.41) is 21.7. The molecule has 9 heteroatoms. The van der Waals surface area contributed by atoms with Crippen LogP contribution in [-0.2, 0) is 11.3 Å². The third kappa shape index (κ3) is 3.38. The van der Waals surface area contributed by atoms with Crippen molar-refractivity contribution in [3.63, 3.8) is 0 Å². The molecule has 0 saturated carbocycles. The van der Waals surface area contributed by atoms with Gasteiger partial charge in [0, 0.05) is 30.4 Å². The van der Waals surface area contributed by atoms with Gasteiger partial charge in [-0.2, -0.15) is 0 Å². The summed E-state index contributed by atoms with van der Waals surface area (Å²) in [7, 11) is 0. The number of rotatable bonds is 4. The molecule has 1 fully saturated rings. The maximum absolute atomic E-state index is 12.5. The SMILES string of the molecule is CCn1c(O)c(N=NC(=O)c2csc(N3CCOCC3)n2)c2cc(C)ccc21. The Balaban J connectivity index is 1.61. The quantitative estimate of drug-likeness (QED) is 0.672. The van der Waals surface area contributed by atoms with Crippen molar-refractivity contribution in [3.8, 4) is 5.88 Å². The minimum atomic E-state index is -0.528. The van der Waals surface area contributed by atoms with Crippen LogP contribution in [0.3, 0.4) is 0 Å². The Kier molecular flexibility index (Phi) is 5.10. The predicted octanol–water partition coefficient (Wildman–Crippen LogP) is 3.89. The average Bonchev–Trinajstić information content (AvgIpc) is 3.30. The molecule has 3 aromatic rings. The highest BCUT2D eigenvalue weighted by Crippen LogP contribution is 2.39. The van der Waals surface area contributed by atoms with E-state index in [0.29, 0.717) is 25.4 Å². The molecule has 2 aromatic heterocycles. The van der Waals surface area contributed by atoms with E-state index >= 15 is 0 Å². The highest BCUT2D eigenvalue weighted by molar-refractivity contribution is 7.13. The number of azo groups is 1. The normalized spacial score (nSPS) is 15.0. The molecule has 8 nitrogen and oxygen atoms in total. The number of amides is 1. The van der Waals surface area contributed by atoms with Crippen LogP contribution < -0.4 is 4.90 Å². The molecular formula is C19H21N5O3S. The molecule has 1 aliphatic heterocycles. The lowest BCUT2D eigenvalue weighted by Crippen LogP contribution is -2.36. The summed E-state index contributed by atoms with van der Waals surface area (Å²) >= 11 is 1.40. The number of nitrogens with zero attached hydrogens (tertiary/aromatic N) is 5. The van der Waals surface area contributed by atoms with E-state index in [2.05, 4.69) is 20.1 Å². The minimum Gasteiger partial charge on any atom is -0.493 e. The molecule has 146 valence electrons. The first kappa shape index (κ1) is 18.6. The molecular weight excluding hydrogens is 378 g/mol. The molecule has 4 rings (SSSR count). The number of hydrogen-bond donors (Lipinski definition) is 1. The molecule has 0 bridgehead atoms. The van der Waals surface area contributed by atoms with E-state index in [4.69, 9.17) is 4.74 Å². The summed E-state index contributed by atoms with van der Waals surface area (Å²) in [6, 6.07) is 5.84. The van der Waals surface area contributed by atoms with Crippen LogP contribution in [0.2, 0.25) is 0 Å². The molecule has 1 saturated heterocycles. The maximum atomic E-state index is 12.5. The van der Waals surface area contributed by atoms with E-state index in [1.165, 1.54) is 11.3 Å². The van der Waals surface area contributed by atoms with Crippen LogP contribution in [0.5, 0.6) is 5.88 Å². The van der Waals surface area contributed by atoms with Crippen LogP contribution in [0.1, 0.15) is 23.0 Å². The van der Waals surface area contributed by atoms with Crippen LogP contribution >= 0.6 is 11.3 Å². The third-order valence-corrected chi connectivity index (χ3v) is 5.62. The number of fused-ring (bicyclic) bond motifs is 1. The zero-order chi connectivity index (χ0) is 19.7. The second-order valence-corrected chi connectivity index (χ2v) is 7.39. The molecule has 3 heterocycles. The fraction of sp³-hybridized carbons (Fsp3) is 0.368. The van der Waals surface area contributed by atoms with Crippen molar-refractivity contribution in [1.29, 1.82) is 0 Å². The zero-order valence-electron chi connectivity index (χ0n) is 15.8. The lowest BCUT2D eigenvalue weighted by molar-refractivity contribution is 0.0991. The largest absolute Gasteiger partial charge is 0.493 e. The minimum absolute atomic E-state index is 0.00642. The van der Waals surface area contributed by atoms with E-state index in [9.17, 15) is 9.90 Å². The van der Waals surface area contributed by atoms with Crippen LogP contribution in [0.15, 0.2) is 33.8 Å². The van der Waals surface area contributed by atoms with E-state index in [1.54, 1.807) is 9.95 Å². The Bertz CT molecular complexity index is 1050. The Morgan fingerprint density at radius 1 is 1.36 bits per heavy atom. The van der Waals surface area contributed by atoms with Gasteiger partial charge >= 0.3 is 5.91 Å². The second-order valence-electron chi connectivity index (χ2n) is 6.56. The van der Waals surface area contributed by atoms with Gasteiger partial charge in [-0.3, -0.25) is 4.79 Å². The van der Waals surface area contributed by atoms with E-state index < -0.39 is 5.91 Å². The first-order chi connectivity index (χ1) is 13.6. The van der Waals surface area contributed by atoms with Crippen LogP contribution in [0, 0.1) is 6.92 Å². The van der Waals surface area contributed by atoms with Crippen molar-refractivity contribution in [1.82, 2.24) is 9.55 Å². The van der Waals surface area contributed by atoms with Gasteiger partial charge in [-0.15, -0.1) is 21.6 Å².